The molecular formula is C48H43B13N2O. The first-order valence-electron chi connectivity index (χ1n) is 22.7. The number of benzene rings is 8. The maximum atomic E-state index is 7.29. The molecule has 10 aromatic rings. The summed E-state index contributed by atoms with van der Waals surface area (Å²) in [6.45, 7) is 0. The first-order valence-corrected chi connectivity index (χ1v) is 22.7. The molecule has 0 unspecified atom stereocenters. The van der Waals surface area contributed by atoms with Gasteiger partial charge in [-0.3, -0.25) is 0 Å². The van der Waals surface area contributed by atoms with Crippen LogP contribution < -0.4 is 71.0 Å². The highest BCUT2D eigenvalue weighted by atomic mass is 16.3. The minimum Gasteiger partial charge on any atom is -0.455 e. The van der Waals surface area contributed by atoms with Gasteiger partial charge in [-0.1, -0.05) is 140 Å². The van der Waals surface area contributed by atoms with Crippen LogP contribution in [0.15, 0.2) is 108 Å². The Morgan fingerprint density at radius 1 is 0.328 bits per heavy atom. The van der Waals surface area contributed by atoms with E-state index in [1.54, 1.807) is 0 Å². The molecule has 0 atom stereocenters. The van der Waals surface area contributed by atoms with E-state index in [1.807, 2.05) is 6.07 Å². The zero-order valence-corrected chi connectivity index (χ0v) is 39.6. The van der Waals surface area contributed by atoms with Gasteiger partial charge in [0, 0.05) is 33.0 Å². The molecule has 16 heteroatoms. The molecule has 0 aliphatic rings. The van der Waals surface area contributed by atoms with Gasteiger partial charge < -0.3 is 4.42 Å². The smallest absolute Gasteiger partial charge is 0.160 e. The third-order valence-electron chi connectivity index (χ3n) is 15.4. The summed E-state index contributed by atoms with van der Waals surface area (Å²) in [6.07, 6.45) is 0. The van der Waals surface area contributed by atoms with E-state index in [1.165, 1.54) is 104 Å². The van der Waals surface area contributed by atoms with Gasteiger partial charge >= 0.3 is 0 Å². The van der Waals surface area contributed by atoms with Crippen LogP contribution in [0, 0.1) is 0 Å². The summed E-state index contributed by atoms with van der Waals surface area (Å²) in [4.78, 5) is 10.6. The van der Waals surface area contributed by atoms with Gasteiger partial charge in [0.25, 0.3) is 0 Å². The summed E-state index contributed by atoms with van der Waals surface area (Å²) in [5.74, 6) is 0.697. The summed E-state index contributed by atoms with van der Waals surface area (Å²) < 4.78 is 7.29. The first kappa shape index (κ1) is 42.0. The summed E-state index contributed by atoms with van der Waals surface area (Å²) >= 11 is 0. The van der Waals surface area contributed by atoms with E-state index in [0.717, 1.165) is 61.0 Å². The highest BCUT2D eigenvalue weighted by Crippen LogP contribution is 2.41. The molecule has 2 heterocycles. The molecule has 0 saturated heterocycles. The Hall–Kier alpha value is -6.00. The maximum absolute atomic E-state index is 7.29. The van der Waals surface area contributed by atoms with Crippen LogP contribution in [0.4, 0.5) is 0 Å². The van der Waals surface area contributed by atoms with E-state index in [-0.39, 0.29) is 0 Å². The summed E-state index contributed by atoms with van der Waals surface area (Å²) in [5.41, 5.74) is 29.0. The Bertz CT molecular complexity index is 3560. The van der Waals surface area contributed by atoms with E-state index in [2.05, 4.69) is 199 Å². The van der Waals surface area contributed by atoms with Crippen molar-refractivity contribution in [3.63, 3.8) is 0 Å². The van der Waals surface area contributed by atoms with Gasteiger partial charge in [0.15, 0.2) is 5.82 Å². The first-order chi connectivity index (χ1) is 30.7. The van der Waals surface area contributed by atoms with Gasteiger partial charge in [-0.2, -0.15) is 0 Å². The van der Waals surface area contributed by atoms with Crippen molar-refractivity contribution in [1.29, 1.82) is 0 Å². The van der Waals surface area contributed by atoms with Crippen molar-refractivity contribution in [2.45, 2.75) is 0 Å². The molecular weight excluding hydrogens is 761 g/mol. The number of hydrogen-bond donors (Lipinski definition) is 0. The molecule has 0 aliphatic heterocycles. The lowest BCUT2D eigenvalue weighted by Crippen LogP contribution is -2.53. The molecule has 0 fully saturated rings. The van der Waals surface area contributed by atoms with Crippen LogP contribution in [-0.4, -0.2) is 112 Å². The summed E-state index contributed by atoms with van der Waals surface area (Å²) in [6, 6.07) is 36.1. The molecule has 0 saturated carbocycles. The standard InChI is InChI=1S/C48H43B13N2O/c49-34-27(24-17-23(18-9-3-1-4-10-18)62-48(63-24)19-11-5-2-6-12-19)26-22-15-20-13-7-8-14-21(20)16-25(22)64-47(26)33(43(34)58)32-39(54)37(52)30(38(53)40(32)55)28-29-31(41(56)44(59)35(28)50)42(57)46(61)45(60)36(29)51/h1-17H,49-61H2. The summed E-state index contributed by atoms with van der Waals surface area (Å²) in [5, 5.41) is 7.31. The van der Waals surface area contributed by atoms with Crippen LogP contribution in [0.2, 0.25) is 0 Å². The number of nitrogens with zero attached hydrogens (tertiary/aromatic N) is 2. The highest BCUT2D eigenvalue weighted by molar-refractivity contribution is 6.73. The number of rotatable bonds is 5. The molecule has 0 aliphatic carbocycles. The minimum absolute atomic E-state index is 0.697. The third-order valence-corrected chi connectivity index (χ3v) is 15.4. The zero-order valence-electron chi connectivity index (χ0n) is 39.6. The van der Waals surface area contributed by atoms with Crippen molar-refractivity contribution in [3.8, 4) is 56.2 Å². The number of aromatic nitrogens is 2. The molecule has 0 amide bonds. The molecule has 290 valence electrons. The van der Waals surface area contributed by atoms with Crippen molar-refractivity contribution in [1.82, 2.24) is 9.97 Å². The maximum Gasteiger partial charge on any atom is 0.160 e. The molecule has 0 spiro atoms. The van der Waals surface area contributed by atoms with Crippen LogP contribution in [0.25, 0.3) is 99.6 Å². The van der Waals surface area contributed by atoms with Crippen LogP contribution >= 0.6 is 0 Å². The lowest BCUT2D eigenvalue weighted by atomic mass is 9.56. The molecule has 0 N–H and O–H groups in total. The van der Waals surface area contributed by atoms with Gasteiger partial charge in [-0.25, -0.2) is 9.97 Å². The quantitative estimate of drug-likeness (QED) is 0.163. The Balaban J connectivity index is 1.32. The Morgan fingerprint density at radius 3 is 1.36 bits per heavy atom. The molecule has 0 bridgehead atoms. The predicted octanol–water partition coefficient (Wildman–Crippen LogP) is -9.62. The number of fused-ring (bicyclic) bond motifs is 5. The second-order valence-electron chi connectivity index (χ2n) is 18.4. The molecule has 0 radical (unpaired) electrons. The van der Waals surface area contributed by atoms with Crippen LogP contribution in [-0.2, 0) is 0 Å². The summed E-state index contributed by atoms with van der Waals surface area (Å²) in [7, 11) is 30.1. The fraction of sp³-hybridized carbons (Fsp3) is 0. The molecule has 10 rings (SSSR count). The van der Waals surface area contributed by atoms with Crippen molar-refractivity contribution in [2.75, 3.05) is 0 Å². The minimum atomic E-state index is 0.697. The van der Waals surface area contributed by atoms with Crippen molar-refractivity contribution in [2.24, 2.45) is 0 Å². The van der Waals surface area contributed by atoms with Gasteiger partial charge in [0.05, 0.1) is 11.4 Å². The van der Waals surface area contributed by atoms with Crippen molar-refractivity contribution < 1.29 is 4.42 Å². The van der Waals surface area contributed by atoms with Gasteiger partial charge in [-0.05, 0) is 56.4 Å². The fourth-order valence-corrected chi connectivity index (χ4v) is 10.9. The Kier molecular flexibility index (Phi) is 10.2. The monoisotopic (exact) mass is 806 g/mol. The normalized spacial score (nSPS) is 11.6. The molecule has 8 aromatic carbocycles. The lowest BCUT2D eigenvalue weighted by molar-refractivity contribution is 0.671. The van der Waals surface area contributed by atoms with Gasteiger partial charge in [-0.15, -0.1) is 16.4 Å². The second-order valence-corrected chi connectivity index (χ2v) is 18.4. The van der Waals surface area contributed by atoms with E-state index >= 15 is 0 Å². The van der Waals surface area contributed by atoms with Crippen LogP contribution in [0.3, 0.4) is 0 Å². The van der Waals surface area contributed by atoms with E-state index in [9.17, 15) is 0 Å². The Morgan fingerprint density at radius 2 is 0.766 bits per heavy atom. The number of hydrogen-bond acceptors (Lipinski definition) is 3. The Labute approximate surface area is 388 Å². The average Bonchev–Trinajstić information content (AvgIpc) is 3.67. The molecule has 3 nitrogen and oxygen atoms in total. The largest absolute Gasteiger partial charge is 0.455 e. The van der Waals surface area contributed by atoms with E-state index in [4.69, 9.17) is 14.4 Å². The lowest BCUT2D eigenvalue weighted by Gasteiger charge is -2.29. The SMILES string of the molecule is Bc1c(B)c(-c2c(B)c(B)c(B)c3c(B)c(B)c(B)c(B)c23)c(B)c(B)c1-c1c(B)c(B)c(-c2cc(-c3ccccc3)nc(-c3ccccc3)n2)c2c1oc1cc3ccccc3cc12. The van der Waals surface area contributed by atoms with Gasteiger partial charge in [0.2, 0.25) is 0 Å². The third kappa shape index (κ3) is 6.22. The predicted molar refractivity (Wildman–Crippen MR) is 318 cm³/mol. The second kappa shape index (κ2) is 15.6. The van der Waals surface area contributed by atoms with Crippen LogP contribution in [0.5, 0.6) is 0 Å². The zero-order chi connectivity index (χ0) is 45.0. The topological polar surface area (TPSA) is 38.9 Å². The number of furan rings is 1. The van der Waals surface area contributed by atoms with Gasteiger partial charge in [0.1, 0.15) is 113 Å². The van der Waals surface area contributed by atoms with E-state index < -0.39 is 0 Å². The van der Waals surface area contributed by atoms with Crippen LogP contribution in [0.1, 0.15) is 0 Å². The average molecular weight is 804 g/mol. The molecule has 2 aromatic heterocycles. The highest BCUT2D eigenvalue weighted by Gasteiger charge is 2.29. The van der Waals surface area contributed by atoms with Crippen molar-refractivity contribution >= 4 is 217 Å². The van der Waals surface area contributed by atoms with Crippen molar-refractivity contribution in [3.05, 3.63) is 103 Å². The van der Waals surface area contributed by atoms with E-state index in [0.29, 0.717) is 5.82 Å². The fourth-order valence-electron chi connectivity index (χ4n) is 10.9. The molecule has 64 heavy (non-hydrogen) atoms.